The van der Waals surface area contributed by atoms with Crippen LogP contribution in [0.3, 0.4) is 0 Å². The number of H-pyrrole nitrogens is 1. The minimum atomic E-state index is -0.669. The molecule has 0 saturated heterocycles. The van der Waals surface area contributed by atoms with Crippen LogP contribution in [-0.4, -0.2) is 26.9 Å². The second-order valence-corrected chi connectivity index (χ2v) is 6.49. The number of ether oxygens (including phenoxy) is 1. The van der Waals surface area contributed by atoms with Crippen LogP contribution < -0.4 is 5.69 Å². The summed E-state index contributed by atoms with van der Waals surface area (Å²) in [5.41, 5.74) is 0.518. The maximum absolute atomic E-state index is 13.7. The highest BCUT2D eigenvalue weighted by Gasteiger charge is 2.21. The van der Waals surface area contributed by atoms with Crippen LogP contribution in [0.25, 0.3) is 0 Å². The van der Waals surface area contributed by atoms with Gasteiger partial charge in [-0.15, -0.1) is 0 Å². The third kappa shape index (κ3) is 4.34. The van der Waals surface area contributed by atoms with Gasteiger partial charge < -0.3 is 14.6 Å². The van der Waals surface area contributed by atoms with Crippen LogP contribution in [0.15, 0.2) is 50.9 Å². The number of hydrogen-bond donors (Lipinski definition) is 1. The molecular weight excluding hydrogens is 410 g/mol. The van der Waals surface area contributed by atoms with Crippen molar-refractivity contribution in [2.75, 3.05) is 0 Å². The Morgan fingerprint density at radius 3 is 2.88 bits per heavy atom. The lowest BCUT2D eigenvalue weighted by molar-refractivity contribution is 0.249. The quantitative estimate of drug-likeness (QED) is 0.818. The van der Waals surface area contributed by atoms with E-state index in [0.29, 0.717) is 22.6 Å². The Labute approximate surface area is 156 Å². The van der Waals surface area contributed by atoms with E-state index in [4.69, 9.17) is 4.74 Å². The molecule has 136 valence electrons. The average Bonchev–Trinajstić information content (AvgIpc) is 2.58. The van der Waals surface area contributed by atoms with Crippen LogP contribution in [0, 0.1) is 11.6 Å². The molecular formula is C17H15BrF2N4O2. The fraction of sp³-hybridized carbons (Fsp3) is 0.235. The van der Waals surface area contributed by atoms with Gasteiger partial charge in [0.25, 0.3) is 0 Å². The molecule has 0 spiro atoms. The van der Waals surface area contributed by atoms with Gasteiger partial charge in [0.05, 0.1) is 11.0 Å². The third-order valence-corrected chi connectivity index (χ3v) is 4.28. The number of rotatable bonds is 4. The first kappa shape index (κ1) is 18.2. The van der Waals surface area contributed by atoms with E-state index in [0.717, 1.165) is 6.07 Å². The summed E-state index contributed by atoms with van der Waals surface area (Å²) in [5.74, 6) is -0.987. The van der Waals surface area contributed by atoms with Crippen LogP contribution >= 0.6 is 15.9 Å². The zero-order valence-corrected chi connectivity index (χ0v) is 15.3. The molecule has 2 aromatic rings. The smallest absolute Gasteiger partial charge is 0.345 e. The minimum Gasteiger partial charge on any atom is -0.472 e. The first-order valence-electron chi connectivity index (χ1n) is 7.74. The number of nitrogens with zero attached hydrogens (tertiary/aromatic N) is 3. The molecule has 0 bridgehead atoms. The SMILES string of the molecule is CC1N=C(OCc2ccc(F)cc2F)C(Br)=CN1Cc1ccnc(=O)[nH]1. The number of aliphatic imine (C=N–C) groups is 1. The van der Waals surface area contributed by atoms with Gasteiger partial charge in [-0.3, -0.25) is 0 Å². The van der Waals surface area contributed by atoms with Crippen LogP contribution in [0.1, 0.15) is 18.2 Å². The number of aromatic amines is 1. The Hall–Kier alpha value is -2.55. The third-order valence-electron chi connectivity index (χ3n) is 3.73. The van der Waals surface area contributed by atoms with Crippen molar-refractivity contribution in [2.24, 2.45) is 4.99 Å². The first-order valence-corrected chi connectivity index (χ1v) is 8.54. The van der Waals surface area contributed by atoms with Gasteiger partial charge in [0, 0.05) is 29.7 Å². The van der Waals surface area contributed by atoms with E-state index >= 15 is 0 Å². The Kier molecular flexibility index (Phi) is 5.46. The fourth-order valence-corrected chi connectivity index (χ4v) is 2.86. The molecule has 0 saturated carbocycles. The minimum absolute atomic E-state index is 0.0711. The van der Waals surface area contributed by atoms with Crippen molar-refractivity contribution in [2.45, 2.75) is 26.2 Å². The zero-order valence-electron chi connectivity index (χ0n) is 13.7. The van der Waals surface area contributed by atoms with E-state index in [-0.39, 0.29) is 18.3 Å². The second-order valence-electron chi connectivity index (χ2n) is 5.64. The number of halogens is 3. The van der Waals surface area contributed by atoms with Crippen molar-refractivity contribution in [1.29, 1.82) is 0 Å². The molecule has 1 aromatic heterocycles. The Morgan fingerprint density at radius 2 is 2.15 bits per heavy atom. The van der Waals surface area contributed by atoms with Crippen molar-refractivity contribution in [1.82, 2.24) is 14.9 Å². The highest BCUT2D eigenvalue weighted by atomic mass is 79.9. The van der Waals surface area contributed by atoms with Crippen LogP contribution in [-0.2, 0) is 17.9 Å². The van der Waals surface area contributed by atoms with Gasteiger partial charge in [0.1, 0.15) is 24.4 Å². The van der Waals surface area contributed by atoms with Crippen molar-refractivity contribution >= 4 is 21.8 Å². The molecule has 0 fully saturated rings. The Bertz CT molecular complexity index is 929. The van der Waals surface area contributed by atoms with Gasteiger partial charge in [-0.1, -0.05) is 0 Å². The largest absolute Gasteiger partial charge is 0.472 e. The van der Waals surface area contributed by atoms with Crippen molar-refractivity contribution in [3.63, 3.8) is 0 Å². The van der Waals surface area contributed by atoms with E-state index in [1.807, 2.05) is 11.8 Å². The highest BCUT2D eigenvalue weighted by Crippen LogP contribution is 2.22. The molecule has 0 radical (unpaired) electrons. The van der Waals surface area contributed by atoms with Gasteiger partial charge in [-0.05, 0) is 41.1 Å². The molecule has 0 aliphatic carbocycles. The summed E-state index contributed by atoms with van der Waals surface area (Å²) in [6.07, 6.45) is 2.96. The summed E-state index contributed by atoms with van der Waals surface area (Å²) in [6.45, 7) is 2.22. The molecule has 3 rings (SSSR count). The topological polar surface area (TPSA) is 70.6 Å². The molecule has 2 heterocycles. The molecule has 9 heteroatoms. The van der Waals surface area contributed by atoms with E-state index < -0.39 is 17.3 Å². The molecule has 1 aliphatic rings. The highest BCUT2D eigenvalue weighted by molar-refractivity contribution is 9.12. The fourth-order valence-electron chi connectivity index (χ4n) is 2.38. The van der Waals surface area contributed by atoms with Crippen LogP contribution in [0.5, 0.6) is 0 Å². The molecule has 1 aliphatic heterocycles. The average molecular weight is 425 g/mol. The monoisotopic (exact) mass is 424 g/mol. The number of hydrogen-bond acceptors (Lipinski definition) is 5. The summed E-state index contributed by atoms with van der Waals surface area (Å²) in [7, 11) is 0. The number of benzene rings is 1. The maximum atomic E-state index is 13.7. The molecule has 1 N–H and O–H groups in total. The molecule has 1 unspecified atom stereocenters. The van der Waals surface area contributed by atoms with Gasteiger partial charge in [-0.25, -0.2) is 23.6 Å². The van der Waals surface area contributed by atoms with Crippen LogP contribution in [0.4, 0.5) is 8.78 Å². The molecule has 26 heavy (non-hydrogen) atoms. The molecule has 1 aromatic carbocycles. The van der Waals surface area contributed by atoms with Crippen LogP contribution in [0.2, 0.25) is 0 Å². The van der Waals surface area contributed by atoms with Gasteiger partial charge in [0.15, 0.2) is 0 Å². The van der Waals surface area contributed by atoms with Crippen molar-refractivity contribution < 1.29 is 13.5 Å². The van der Waals surface area contributed by atoms with Gasteiger partial charge in [0.2, 0.25) is 5.90 Å². The Morgan fingerprint density at radius 1 is 1.35 bits per heavy atom. The first-order chi connectivity index (χ1) is 12.4. The molecule has 6 nitrogen and oxygen atoms in total. The lowest BCUT2D eigenvalue weighted by Crippen LogP contribution is -2.32. The summed E-state index contributed by atoms with van der Waals surface area (Å²) < 4.78 is 32.8. The molecule has 1 atom stereocenters. The lowest BCUT2D eigenvalue weighted by atomic mass is 10.2. The van der Waals surface area contributed by atoms with E-state index in [2.05, 4.69) is 30.9 Å². The lowest BCUT2D eigenvalue weighted by Gasteiger charge is -2.29. The maximum Gasteiger partial charge on any atom is 0.345 e. The zero-order chi connectivity index (χ0) is 18.7. The van der Waals surface area contributed by atoms with E-state index in [9.17, 15) is 13.6 Å². The normalized spacial score (nSPS) is 16.9. The van der Waals surface area contributed by atoms with Crippen molar-refractivity contribution in [3.8, 4) is 0 Å². The standard InChI is InChI=1S/C17H15BrF2N4O2/c1-10-22-16(26-9-11-2-3-12(19)6-15(11)20)14(18)8-24(10)7-13-4-5-21-17(25)23-13/h2-6,8,10H,7,9H2,1H3,(H,21,23,25). The van der Waals surface area contributed by atoms with E-state index in [1.54, 1.807) is 12.3 Å². The number of aromatic nitrogens is 2. The van der Waals surface area contributed by atoms with Gasteiger partial charge in [-0.2, -0.15) is 0 Å². The summed E-state index contributed by atoms with van der Waals surface area (Å²) in [4.78, 5) is 23.8. The predicted molar refractivity (Wildman–Crippen MR) is 95.5 cm³/mol. The summed E-state index contributed by atoms with van der Waals surface area (Å²) in [5, 5.41) is 0. The van der Waals surface area contributed by atoms with Crippen molar-refractivity contribution in [3.05, 3.63) is 74.5 Å². The van der Waals surface area contributed by atoms with Gasteiger partial charge >= 0.3 is 5.69 Å². The second kappa shape index (κ2) is 7.77. The molecule has 0 amide bonds. The summed E-state index contributed by atoms with van der Waals surface area (Å²) in [6, 6.07) is 5.03. The number of nitrogens with one attached hydrogen (secondary N) is 1. The van der Waals surface area contributed by atoms with E-state index in [1.165, 1.54) is 18.3 Å². The Balaban J connectivity index is 1.67. The summed E-state index contributed by atoms with van der Waals surface area (Å²) >= 11 is 3.38. The predicted octanol–water partition coefficient (Wildman–Crippen LogP) is 3.06.